The van der Waals surface area contributed by atoms with Crippen LogP contribution in [0.2, 0.25) is 0 Å². The Balaban J connectivity index is 1.46. The van der Waals surface area contributed by atoms with Crippen LogP contribution in [0.25, 0.3) is 0 Å². The number of nitrogens with one attached hydrogen (secondary N) is 1. The fourth-order valence-electron chi connectivity index (χ4n) is 3.27. The number of carbonyl (C=O) groups excluding carboxylic acids is 2. The Morgan fingerprint density at radius 2 is 1.85 bits per heavy atom. The normalized spacial score (nSPS) is 14.7. The number of aryl methyl sites for hydroxylation is 2. The highest BCUT2D eigenvalue weighted by Gasteiger charge is 2.28. The van der Waals surface area contributed by atoms with E-state index < -0.39 is 0 Å². The van der Waals surface area contributed by atoms with Crippen LogP contribution in [0.3, 0.4) is 0 Å². The van der Waals surface area contributed by atoms with Gasteiger partial charge in [0.15, 0.2) is 0 Å². The Morgan fingerprint density at radius 1 is 1.15 bits per heavy atom. The Morgan fingerprint density at radius 3 is 2.52 bits per heavy atom. The topological polar surface area (TPSA) is 71.5 Å². The van der Waals surface area contributed by atoms with Crippen molar-refractivity contribution in [1.29, 1.82) is 0 Å². The Labute approximate surface area is 159 Å². The van der Waals surface area contributed by atoms with Crippen molar-refractivity contribution in [3.63, 3.8) is 0 Å². The molecule has 1 fully saturated rings. The van der Waals surface area contributed by atoms with E-state index in [0.717, 1.165) is 16.8 Å². The van der Waals surface area contributed by atoms with Gasteiger partial charge < -0.3 is 15.0 Å². The number of nitrogens with zero attached hydrogens (tertiary/aromatic N) is 2. The van der Waals surface area contributed by atoms with Gasteiger partial charge in [0, 0.05) is 24.7 Å². The van der Waals surface area contributed by atoms with Crippen molar-refractivity contribution in [3.8, 4) is 0 Å². The molecular weight excluding hydrogens is 342 g/mol. The van der Waals surface area contributed by atoms with Gasteiger partial charge in [-0.3, -0.25) is 4.79 Å². The number of hydrogen-bond donors (Lipinski definition) is 1. The Bertz CT molecular complexity index is 779. The summed E-state index contributed by atoms with van der Waals surface area (Å²) >= 11 is 0. The lowest BCUT2D eigenvalue weighted by Gasteiger charge is -2.30. The van der Waals surface area contributed by atoms with Gasteiger partial charge >= 0.3 is 6.09 Å². The van der Waals surface area contributed by atoms with E-state index in [-0.39, 0.29) is 24.5 Å². The van der Waals surface area contributed by atoms with Gasteiger partial charge in [-0.15, -0.1) is 0 Å². The predicted molar refractivity (Wildman–Crippen MR) is 103 cm³/mol. The largest absolute Gasteiger partial charge is 0.445 e. The summed E-state index contributed by atoms with van der Waals surface area (Å²) in [6.07, 6.45) is 0.919. The number of carbonyl (C=O) groups is 2. The van der Waals surface area contributed by atoms with Crippen molar-refractivity contribution in [3.05, 3.63) is 59.3 Å². The number of ether oxygens (including phenoxy) is 1. The summed E-state index contributed by atoms with van der Waals surface area (Å²) in [5.41, 5.74) is 2.90. The standard InChI is InChI=1S/C21H25N3O3/c1-15-12-16(2)22-19(13-15)23-20(25)18-8-10-24(11-9-18)21(26)27-14-17-6-4-3-5-7-17/h3-7,12-13,18H,8-11,14H2,1-2H3,(H,22,23,25). The highest BCUT2D eigenvalue weighted by molar-refractivity contribution is 5.92. The molecule has 27 heavy (non-hydrogen) atoms. The molecule has 0 aliphatic carbocycles. The minimum Gasteiger partial charge on any atom is -0.445 e. The second-order valence-electron chi connectivity index (χ2n) is 6.96. The molecule has 0 saturated carbocycles. The Kier molecular flexibility index (Phi) is 6.06. The maximum absolute atomic E-state index is 12.5. The molecule has 1 aromatic heterocycles. The van der Waals surface area contributed by atoms with Gasteiger partial charge in [0.05, 0.1) is 0 Å². The number of hydrogen-bond acceptors (Lipinski definition) is 4. The van der Waals surface area contributed by atoms with Crippen LogP contribution in [-0.2, 0) is 16.1 Å². The van der Waals surface area contributed by atoms with E-state index >= 15 is 0 Å². The summed E-state index contributed by atoms with van der Waals surface area (Å²) < 4.78 is 5.36. The molecule has 2 amide bonds. The predicted octanol–water partition coefficient (Wildman–Crippen LogP) is 3.69. The molecule has 2 heterocycles. The molecule has 1 aliphatic rings. The molecule has 0 atom stereocenters. The first-order valence-electron chi connectivity index (χ1n) is 9.23. The number of likely N-dealkylation sites (tertiary alicyclic amines) is 1. The molecule has 0 radical (unpaired) electrons. The van der Waals surface area contributed by atoms with Crippen LogP contribution in [0.4, 0.5) is 10.6 Å². The van der Waals surface area contributed by atoms with Crippen LogP contribution >= 0.6 is 0 Å². The van der Waals surface area contributed by atoms with E-state index in [4.69, 9.17) is 4.74 Å². The van der Waals surface area contributed by atoms with Crippen molar-refractivity contribution >= 4 is 17.8 Å². The van der Waals surface area contributed by atoms with E-state index in [9.17, 15) is 9.59 Å². The molecule has 6 heteroatoms. The third-order valence-electron chi connectivity index (χ3n) is 4.68. The molecule has 0 bridgehead atoms. The fourth-order valence-corrected chi connectivity index (χ4v) is 3.27. The van der Waals surface area contributed by atoms with Gasteiger partial charge in [-0.2, -0.15) is 0 Å². The van der Waals surface area contributed by atoms with Crippen molar-refractivity contribution in [2.45, 2.75) is 33.3 Å². The van der Waals surface area contributed by atoms with Gasteiger partial charge in [0.2, 0.25) is 5.91 Å². The number of rotatable bonds is 4. The zero-order valence-electron chi connectivity index (χ0n) is 15.8. The van der Waals surface area contributed by atoms with Crippen LogP contribution in [0.5, 0.6) is 0 Å². The van der Waals surface area contributed by atoms with E-state index in [0.29, 0.717) is 31.7 Å². The van der Waals surface area contributed by atoms with Crippen LogP contribution in [0.1, 0.15) is 29.7 Å². The summed E-state index contributed by atoms with van der Waals surface area (Å²) in [6.45, 7) is 5.18. The average molecular weight is 367 g/mol. The van der Waals surface area contributed by atoms with Crippen molar-refractivity contribution < 1.29 is 14.3 Å². The lowest BCUT2D eigenvalue weighted by molar-refractivity contribution is -0.121. The van der Waals surface area contributed by atoms with E-state index in [1.807, 2.05) is 56.3 Å². The first-order valence-corrected chi connectivity index (χ1v) is 9.23. The molecule has 1 aromatic carbocycles. The molecule has 142 valence electrons. The van der Waals surface area contributed by atoms with Crippen molar-refractivity contribution in [2.75, 3.05) is 18.4 Å². The number of anilines is 1. The molecule has 1 saturated heterocycles. The number of benzene rings is 1. The zero-order valence-corrected chi connectivity index (χ0v) is 15.8. The quantitative estimate of drug-likeness (QED) is 0.895. The van der Waals surface area contributed by atoms with Crippen molar-refractivity contribution in [1.82, 2.24) is 9.88 Å². The minimum atomic E-state index is -0.325. The van der Waals surface area contributed by atoms with E-state index in [1.165, 1.54) is 0 Å². The molecular formula is C21H25N3O3. The Hall–Kier alpha value is -2.89. The van der Waals surface area contributed by atoms with E-state index in [2.05, 4.69) is 10.3 Å². The van der Waals surface area contributed by atoms with Crippen LogP contribution in [-0.4, -0.2) is 35.0 Å². The molecule has 1 aliphatic heterocycles. The van der Waals surface area contributed by atoms with Gasteiger partial charge in [0.1, 0.15) is 12.4 Å². The third-order valence-corrected chi connectivity index (χ3v) is 4.68. The number of pyridine rings is 1. The van der Waals surface area contributed by atoms with Gasteiger partial charge in [-0.1, -0.05) is 30.3 Å². The lowest BCUT2D eigenvalue weighted by Crippen LogP contribution is -2.41. The fraction of sp³-hybridized carbons (Fsp3) is 0.381. The maximum Gasteiger partial charge on any atom is 0.410 e. The number of amides is 2. The molecule has 0 spiro atoms. The number of aromatic nitrogens is 1. The average Bonchev–Trinajstić information content (AvgIpc) is 2.66. The van der Waals surface area contributed by atoms with E-state index in [1.54, 1.807) is 4.90 Å². The van der Waals surface area contributed by atoms with Crippen LogP contribution in [0.15, 0.2) is 42.5 Å². The summed E-state index contributed by atoms with van der Waals surface area (Å²) in [4.78, 5) is 30.7. The molecule has 3 rings (SSSR count). The molecule has 1 N–H and O–H groups in total. The molecule has 6 nitrogen and oxygen atoms in total. The lowest BCUT2D eigenvalue weighted by atomic mass is 9.96. The molecule has 0 unspecified atom stereocenters. The maximum atomic E-state index is 12.5. The zero-order chi connectivity index (χ0) is 19.2. The second kappa shape index (κ2) is 8.66. The van der Waals surface area contributed by atoms with Gasteiger partial charge in [0.25, 0.3) is 0 Å². The summed E-state index contributed by atoms with van der Waals surface area (Å²) in [5.74, 6) is 0.429. The number of piperidine rings is 1. The van der Waals surface area contributed by atoms with Crippen LogP contribution in [0, 0.1) is 19.8 Å². The third kappa shape index (κ3) is 5.29. The van der Waals surface area contributed by atoms with Gasteiger partial charge in [-0.05, 0) is 49.9 Å². The summed E-state index contributed by atoms with van der Waals surface area (Å²) in [5, 5.41) is 2.90. The smallest absolute Gasteiger partial charge is 0.410 e. The molecule has 2 aromatic rings. The summed E-state index contributed by atoms with van der Waals surface area (Å²) in [7, 11) is 0. The van der Waals surface area contributed by atoms with Crippen molar-refractivity contribution in [2.24, 2.45) is 5.92 Å². The first-order chi connectivity index (χ1) is 13.0. The minimum absolute atomic E-state index is 0.0372. The monoisotopic (exact) mass is 367 g/mol. The highest BCUT2D eigenvalue weighted by atomic mass is 16.6. The van der Waals surface area contributed by atoms with Crippen LogP contribution < -0.4 is 5.32 Å². The summed E-state index contributed by atoms with van der Waals surface area (Å²) in [6, 6.07) is 13.4. The second-order valence-corrected chi connectivity index (χ2v) is 6.96. The first kappa shape index (κ1) is 18.9. The highest BCUT2D eigenvalue weighted by Crippen LogP contribution is 2.20. The SMILES string of the molecule is Cc1cc(C)nc(NC(=O)C2CCN(C(=O)OCc3ccccc3)CC2)c1. The van der Waals surface area contributed by atoms with Gasteiger partial charge in [-0.25, -0.2) is 9.78 Å².